The second kappa shape index (κ2) is 9.57. The van der Waals surface area contributed by atoms with Gasteiger partial charge in [0.15, 0.2) is 5.11 Å². The van der Waals surface area contributed by atoms with Crippen LogP contribution in [0.15, 0.2) is 35.6 Å². The minimum Gasteiger partial charge on any atom is -0.471 e. The summed E-state index contributed by atoms with van der Waals surface area (Å²) in [6, 6.07) is 4.45. The Bertz CT molecular complexity index is 1270. The minimum absolute atomic E-state index is 0.0301. The zero-order valence-electron chi connectivity index (χ0n) is 21.5. The van der Waals surface area contributed by atoms with Crippen LogP contribution in [0.25, 0.3) is 0 Å². The Morgan fingerprint density at radius 1 is 1.11 bits per heavy atom. The molecule has 0 N–H and O–H groups in total. The quantitative estimate of drug-likeness (QED) is 0.405. The number of halogens is 3. The van der Waals surface area contributed by atoms with Gasteiger partial charge in [0.25, 0.3) is 5.91 Å². The number of hydrogen-bond acceptors (Lipinski definition) is 7. The van der Waals surface area contributed by atoms with Crippen molar-refractivity contribution in [3.05, 3.63) is 41.9 Å². The van der Waals surface area contributed by atoms with Gasteiger partial charge in [-0.15, -0.1) is 0 Å². The highest BCUT2D eigenvalue weighted by molar-refractivity contribution is 7.81. The Morgan fingerprint density at radius 3 is 2.34 bits per heavy atom. The molecule has 38 heavy (non-hydrogen) atoms. The van der Waals surface area contributed by atoms with E-state index in [1.54, 1.807) is 23.2 Å². The molecule has 3 fully saturated rings. The molecular weight excluding hydrogens is 517 g/mol. The fraction of sp³-hybridized carbons (Fsp3) is 0.500. The molecule has 0 bridgehead atoms. The first-order valence-corrected chi connectivity index (χ1v) is 12.9. The molecule has 202 valence electrons. The van der Waals surface area contributed by atoms with Crippen molar-refractivity contribution in [1.29, 1.82) is 0 Å². The lowest BCUT2D eigenvalue weighted by atomic mass is 9.75. The molecule has 1 saturated carbocycles. The summed E-state index contributed by atoms with van der Waals surface area (Å²) in [6.45, 7) is 3.95. The van der Waals surface area contributed by atoms with Crippen molar-refractivity contribution in [2.24, 2.45) is 4.99 Å². The number of carbonyl (C=O) groups excluding carboxylic acids is 1. The van der Waals surface area contributed by atoms with Crippen molar-refractivity contribution in [1.82, 2.24) is 14.9 Å². The van der Waals surface area contributed by atoms with Crippen LogP contribution in [0.1, 0.15) is 50.3 Å². The molecule has 0 unspecified atom stereocenters. The van der Waals surface area contributed by atoms with Gasteiger partial charge >= 0.3 is 6.18 Å². The highest BCUT2D eigenvalue weighted by atomic mass is 32.1. The lowest BCUT2D eigenvalue weighted by molar-refractivity contribution is -0.138. The SMILES string of the molecule is CN=Cc1ncc(N2C(=O)C3(CCC3)N(c3ccc(OC4(C)CCN(C)CC4)nc3)C2=S)cc1C(F)(F)F. The molecule has 2 saturated heterocycles. The summed E-state index contributed by atoms with van der Waals surface area (Å²) in [6.07, 6.45) is 2.83. The Morgan fingerprint density at radius 2 is 1.79 bits per heavy atom. The van der Waals surface area contributed by atoms with Crippen LogP contribution in [0.2, 0.25) is 0 Å². The average Bonchev–Trinajstić information content (AvgIpc) is 3.08. The lowest BCUT2D eigenvalue weighted by Gasteiger charge is -2.43. The van der Waals surface area contributed by atoms with Crippen molar-refractivity contribution >= 4 is 40.8 Å². The van der Waals surface area contributed by atoms with Crippen LogP contribution in [-0.2, 0) is 11.0 Å². The van der Waals surface area contributed by atoms with Gasteiger partial charge in [0.2, 0.25) is 5.88 Å². The predicted octanol–water partition coefficient (Wildman–Crippen LogP) is 4.47. The number of nitrogens with zero attached hydrogens (tertiary/aromatic N) is 6. The van der Waals surface area contributed by atoms with Crippen LogP contribution in [0, 0.1) is 0 Å². The molecular formula is C26H29F3N6O2S. The highest BCUT2D eigenvalue weighted by Gasteiger charge is 2.60. The molecule has 0 aromatic carbocycles. The summed E-state index contributed by atoms with van der Waals surface area (Å²) in [5.41, 5.74) is -2.02. The van der Waals surface area contributed by atoms with Gasteiger partial charge in [-0.25, -0.2) is 4.98 Å². The largest absolute Gasteiger partial charge is 0.471 e. The number of anilines is 2. The van der Waals surface area contributed by atoms with Crippen LogP contribution in [0.5, 0.6) is 5.88 Å². The Labute approximate surface area is 224 Å². The van der Waals surface area contributed by atoms with E-state index in [1.165, 1.54) is 13.2 Å². The van der Waals surface area contributed by atoms with Crippen LogP contribution in [0.4, 0.5) is 24.5 Å². The third-order valence-corrected chi connectivity index (χ3v) is 8.05. The molecule has 5 rings (SSSR count). The van der Waals surface area contributed by atoms with Crippen LogP contribution < -0.4 is 14.5 Å². The van der Waals surface area contributed by atoms with E-state index in [4.69, 9.17) is 17.0 Å². The number of likely N-dealkylation sites (tertiary alicyclic amines) is 1. The minimum atomic E-state index is -4.68. The van der Waals surface area contributed by atoms with Gasteiger partial charge in [-0.05, 0) is 70.4 Å². The maximum atomic E-state index is 13.8. The van der Waals surface area contributed by atoms with E-state index >= 15 is 0 Å². The lowest BCUT2D eigenvalue weighted by Crippen LogP contribution is -2.55. The van der Waals surface area contributed by atoms with E-state index in [9.17, 15) is 18.0 Å². The van der Waals surface area contributed by atoms with Crippen molar-refractivity contribution in [2.75, 3.05) is 37.0 Å². The third-order valence-electron chi connectivity index (χ3n) is 7.69. The van der Waals surface area contributed by atoms with E-state index in [0.29, 0.717) is 24.4 Å². The topological polar surface area (TPSA) is 74.2 Å². The number of piperidine rings is 1. The third kappa shape index (κ3) is 4.53. The highest BCUT2D eigenvalue weighted by Crippen LogP contribution is 2.48. The molecule has 1 aliphatic carbocycles. The predicted molar refractivity (Wildman–Crippen MR) is 142 cm³/mol. The zero-order chi connectivity index (χ0) is 27.3. The number of pyridine rings is 2. The van der Waals surface area contributed by atoms with Gasteiger partial charge in [-0.1, -0.05) is 0 Å². The van der Waals surface area contributed by atoms with Gasteiger partial charge in [0.05, 0.1) is 35.0 Å². The Kier molecular flexibility index (Phi) is 6.67. The number of amides is 1. The number of thiocarbonyl (C=S) groups is 1. The van der Waals surface area contributed by atoms with E-state index in [0.717, 1.165) is 49.5 Å². The van der Waals surface area contributed by atoms with Crippen molar-refractivity contribution < 1.29 is 22.7 Å². The van der Waals surface area contributed by atoms with Crippen molar-refractivity contribution in [3.63, 3.8) is 0 Å². The summed E-state index contributed by atoms with van der Waals surface area (Å²) in [4.78, 5) is 30.9. The first-order valence-electron chi connectivity index (χ1n) is 12.5. The fourth-order valence-electron chi connectivity index (χ4n) is 5.26. The summed E-state index contributed by atoms with van der Waals surface area (Å²) in [5, 5.41) is 0.0966. The maximum absolute atomic E-state index is 13.8. The average molecular weight is 547 g/mol. The first-order chi connectivity index (χ1) is 18.0. The normalized spacial score (nSPS) is 21.4. The summed E-state index contributed by atoms with van der Waals surface area (Å²) in [5.74, 6) is 0.115. The monoisotopic (exact) mass is 546 g/mol. The number of carbonyl (C=O) groups is 1. The molecule has 8 nitrogen and oxygen atoms in total. The second-order valence-corrected chi connectivity index (χ2v) is 10.7. The molecule has 0 atom stereocenters. The van der Waals surface area contributed by atoms with Gasteiger partial charge in [-0.2, -0.15) is 13.2 Å². The van der Waals surface area contributed by atoms with Crippen molar-refractivity contribution in [3.8, 4) is 5.88 Å². The molecule has 12 heteroatoms. The summed E-state index contributed by atoms with van der Waals surface area (Å²) in [7, 11) is 3.45. The standard InChI is InChI=1S/C26H29F3N6O2S/c1-24(9-11-33(3)12-10-24)37-21-6-5-17(14-32-21)35-23(38)34(22(36)25(35)7-4-8-25)18-13-19(26(27,28)29)20(16-30-2)31-15-18/h5-6,13-16H,4,7-12H2,1-3H3. The fourth-order valence-corrected chi connectivity index (χ4v) is 5.73. The second-order valence-electron chi connectivity index (χ2n) is 10.4. The zero-order valence-corrected chi connectivity index (χ0v) is 22.3. The van der Waals surface area contributed by atoms with Crippen LogP contribution in [0.3, 0.4) is 0 Å². The molecule has 2 aromatic heterocycles. The molecule has 1 amide bonds. The van der Waals surface area contributed by atoms with Gasteiger partial charge < -0.3 is 14.5 Å². The number of alkyl halides is 3. The molecule has 3 aliphatic rings. The number of aromatic nitrogens is 2. The molecule has 2 aromatic rings. The number of rotatable bonds is 5. The van der Waals surface area contributed by atoms with E-state index < -0.39 is 17.3 Å². The van der Waals surface area contributed by atoms with Gasteiger partial charge in [0, 0.05) is 32.4 Å². The Balaban J connectivity index is 1.45. The molecule has 0 radical (unpaired) electrons. The maximum Gasteiger partial charge on any atom is 0.418 e. The molecule has 2 aliphatic heterocycles. The van der Waals surface area contributed by atoms with E-state index in [2.05, 4.69) is 33.8 Å². The van der Waals surface area contributed by atoms with E-state index in [-0.39, 0.29) is 28.0 Å². The van der Waals surface area contributed by atoms with Crippen LogP contribution >= 0.6 is 12.2 Å². The molecule has 1 spiro atoms. The van der Waals surface area contributed by atoms with Gasteiger partial charge in [-0.3, -0.25) is 19.7 Å². The van der Waals surface area contributed by atoms with Crippen molar-refractivity contribution in [2.45, 2.75) is 56.3 Å². The summed E-state index contributed by atoms with van der Waals surface area (Å²) >= 11 is 5.70. The smallest absolute Gasteiger partial charge is 0.418 e. The first kappa shape index (κ1) is 26.5. The van der Waals surface area contributed by atoms with Gasteiger partial charge in [0.1, 0.15) is 11.1 Å². The van der Waals surface area contributed by atoms with E-state index in [1.807, 2.05) is 0 Å². The van der Waals surface area contributed by atoms with Crippen LogP contribution in [-0.4, -0.2) is 70.4 Å². The molecule has 4 heterocycles. The number of hydrogen-bond donors (Lipinski definition) is 0. The number of aliphatic imine (C=N–C) groups is 1. The Hall–Kier alpha value is -3.12. The summed E-state index contributed by atoms with van der Waals surface area (Å²) < 4.78 is 47.6. The number of ether oxygens (including phenoxy) is 1.